The van der Waals surface area contributed by atoms with Crippen molar-refractivity contribution >= 4 is 11.9 Å². The summed E-state index contributed by atoms with van der Waals surface area (Å²) in [7, 11) is 0. The van der Waals surface area contributed by atoms with Crippen molar-refractivity contribution in [1.29, 1.82) is 0 Å². The number of carbonyl (C=O) groups is 2. The summed E-state index contributed by atoms with van der Waals surface area (Å²) in [5.74, 6) is -2.12. The van der Waals surface area contributed by atoms with Crippen LogP contribution in [0.3, 0.4) is 0 Å². The van der Waals surface area contributed by atoms with Gasteiger partial charge in [-0.25, -0.2) is 4.39 Å². The van der Waals surface area contributed by atoms with Crippen molar-refractivity contribution in [3.63, 3.8) is 0 Å². The molecular weight excluding hydrogens is 249 g/mol. The van der Waals surface area contributed by atoms with Crippen LogP contribution in [-0.2, 0) is 9.59 Å². The van der Waals surface area contributed by atoms with Crippen molar-refractivity contribution in [3.05, 3.63) is 35.6 Å². The summed E-state index contributed by atoms with van der Waals surface area (Å²) in [5.41, 5.74) is 0.544. The SMILES string of the molecule is CCN1C(=O)CCC(C(=O)O)C1c1cccc(F)c1. The van der Waals surface area contributed by atoms with Gasteiger partial charge in [0.15, 0.2) is 0 Å². The Labute approximate surface area is 110 Å². The van der Waals surface area contributed by atoms with E-state index in [1.165, 1.54) is 23.1 Å². The highest BCUT2D eigenvalue weighted by Gasteiger charge is 2.39. The molecule has 1 heterocycles. The Hall–Kier alpha value is -1.91. The van der Waals surface area contributed by atoms with E-state index in [4.69, 9.17) is 0 Å². The average Bonchev–Trinajstić information content (AvgIpc) is 2.37. The second kappa shape index (κ2) is 5.38. The van der Waals surface area contributed by atoms with Crippen molar-refractivity contribution in [1.82, 2.24) is 4.90 Å². The van der Waals surface area contributed by atoms with Gasteiger partial charge in [0, 0.05) is 13.0 Å². The fourth-order valence-electron chi connectivity index (χ4n) is 2.69. The molecule has 1 aromatic rings. The van der Waals surface area contributed by atoms with Crippen LogP contribution in [0.15, 0.2) is 24.3 Å². The van der Waals surface area contributed by atoms with Gasteiger partial charge < -0.3 is 10.0 Å². The highest BCUT2D eigenvalue weighted by atomic mass is 19.1. The molecule has 0 spiro atoms. The van der Waals surface area contributed by atoms with Gasteiger partial charge in [-0.15, -0.1) is 0 Å². The molecule has 2 atom stereocenters. The molecule has 0 bridgehead atoms. The summed E-state index contributed by atoms with van der Waals surface area (Å²) < 4.78 is 13.3. The second-order valence-electron chi connectivity index (χ2n) is 4.66. The number of hydrogen-bond acceptors (Lipinski definition) is 2. The zero-order valence-corrected chi connectivity index (χ0v) is 10.7. The number of carboxylic acids is 1. The van der Waals surface area contributed by atoms with Crippen LogP contribution < -0.4 is 0 Å². The Balaban J connectivity index is 2.44. The molecule has 1 aliphatic heterocycles. The van der Waals surface area contributed by atoms with Crippen LogP contribution >= 0.6 is 0 Å². The Morgan fingerprint density at radius 2 is 2.26 bits per heavy atom. The first-order valence-corrected chi connectivity index (χ1v) is 6.32. The van der Waals surface area contributed by atoms with E-state index in [2.05, 4.69) is 0 Å². The first kappa shape index (κ1) is 13.5. The largest absolute Gasteiger partial charge is 0.481 e. The molecule has 0 aliphatic carbocycles. The smallest absolute Gasteiger partial charge is 0.308 e. The monoisotopic (exact) mass is 265 g/mol. The van der Waals surface area contributed by atoms with Crippen LogP contribution in [0.2, 0.25) is 0 Å². The Kier molecular flexibility index (Phi) is 3.83. The molecule has 5 heteroatoms. The Bertz CT molecular complexity index is 501. The molecule has 102 valence electrons. The van der Waals surface area contributed by atoms with E-state index >= 15 is 0 Å². The van der Waals surface area contributed by atoms with Gasteiger partial charge in [-0.2, -0.15) is 0 Å². The molecule has 2 rings (SSSR count). The van der Waals surface area contributed by atoms with Crippen LogP contribution in [0.4, 0.5) is 4.39 Å². The standard InChI is InChI=1S/C14H16FNO3/c1-2-16-12(17)7-6-11(14(18)19)13(16)9-4-3-5-10(15)8-9/h3-5,8,11,13H,2,6-7H2,1H3,(H,18,19). The fourth-order valence-corrected chi connectivity index (χ4v) is 2.69. The number of amides is 1. The lowest BCUT2D eigenvalue weighted by atomic mass is 9.84. The van der Waals surface area contributed by atoms with Crippen LogP contribution in [0.1, 0.15) is 31.4 Å². The third-order valence-electron chi connectivity index (χ3n) is 3.55. The third kappa shape index (κ3) is 2.59. The van der Waals surface area contributed by atoms with Gasteiger partial charge in [0.1, 0.15) is 5.82 Å². The predicted molar refractivity (Wildman–Crippen MR) is 66.9 cm³/mol. The van der Waals surface area contributed by atoms with E-state index in [0.717, 1.165) is 0 Å². The van der Waals surface area contributed by atoms with E-state index in [0.29, 0.717) is 18.5 Å². The molecule has 0 aromatic heterocycles. The molecule has 1 N–H and O–H groups in total. The van der Waals surface area contributed by atoms with E-state index in [1.807, 2.05) is 0 Å². The predicted octanol–water partition coefficient (Wildman–Crippen LogP) is 2.21. The summed E-state index contributed by atoms with van der Waals surface area (Å²) in [5, 5.41) is 9.31. The lowest BCUT2D eigenvalue weighted by Crippen LogP contribution is -2.45. The van der Waals surface area contributed by atoms with Crippen molar-refractivity contribution in [2.75, 3.05) is 6.54 Å². The molecule has 0 radical (unpaired) electrons. The number of nitrogens with zero attached hydrogens (tertiary/aromatic N) is 1. The van der Waals surface area contributed by atoms with Crippen LogP contribution in [0.25, 0.3) is 0 Å². The van der Waals surface area contributed by atoms with E-state index in [9.17, 15) is 19.1 Å². The zero-order valence-electron chi connectivity index (χ0n) is 10.7. The number of halogens is 1. The maximum absolute atomic E-state index is 13.3. The first-order valence-electron chi connectivity index (χ1n) is 6.32. The highest BCUT2D eigenvalue weighted by molar-refractivity contribution is 5.81. The third-order valence-corrected chi connectivity index (χ3v) is 3.55. The van der Waals surface area contributed by atoms with Gasteiger partial charge in [0.2, 0.25) is 5.91 Å². The normalized spacial score (nSPS) is 23.5. The van der Waals surface area contributed by atoms with Gasteiger partial charge in [0.05, 0.1) is 12.0 Å². The molecular formula is C14H16FNO3. The van der Waals surface area contributed by atoms with Crippen LogP contribution in [0.5, 0.6) is 0 Å². The van der Waals surface area contributed by atoms with Crippen molar-refractivity contribution < 1.29 is 19.1 Å². The van der Waals surface area contributed by atoms with Crippen molar-refractivity contribution in [2.24, 2.45) is 5.92 Å². The quantitative estimate of drug-likeness (QED) is 0.911. The maximum Gasteiger partial charge on any atom is 0.308 e. The van der Waals surface area contributed by atoms with Crippen LogP contribution in [0, 0.1) is 11.7 Å². The zero-order chi connectivity index (χ0) is 14.0. The molecule has 1 fully saturated rings. The molecule has 1 amide bonds. The van der Waals surface area contributed by atoms with Crippen molar-refractivity contribution in [3.8, 4) is 0 Å². The molecule has 1 saturated heterocycles. The summed E-state index contributed by atoms with van der Waals surface area (Å²) in [4.78, 5) is 24.8. The lowest BCUT2D eigenvalue weighted by Gasteiger charge is -2.39. The minimum atomic E-state index is -0.944. The first-order chi connectivity index (χ1) is 9.04. The van der Waals surface area contributed by atoms with Crippen LogP contribution in [-0.4, -0.2) is 28.4 Å². The highest BCUT2D eigenvalue weighted by Crippen LogP contribution is 2.36. The lowest BCUT2D eigenvalue weighted by molar-refractivity contribution is -0.151. The number of carboxylic acid groups (broad SMARTS) is 1. The maximum atomic E-state index is 13.3. The summed E-state index contributed by atoms with van der Waals surface area (Å²) in [6.07, 6.45) is 0.530. The number of benzene rings is 1. The van der Waals surface area contributed by atoms with Gasteiger partial charge >= 0.3 is 5.97 Å². The number of aliphatic carboxylic acids is 1. The minimum absolute atomic E-state index is 0.0748. The number of likely N-dealkylation sites (tertiary alicyclic amines) is 1. The number of hydrogen-bond donors (Lipinski definition) is 1. The summed E-state index contributed by atoms with van der Waals surface area (Å²) in [6.45, 7) is 2.22. The Morgan fingerprint density at radius 1 is 1.53 bits per heavy atom. The average molecular weight is 265 g/mol. The van der Waals surface area contributed by atoms with Gasteiger partial charge in [-0.05, 0) is 31.0 Å². The van der Waals surface area contributed by atoms with E-state index < -0.39 is 23.7 Å². The van der Waals surface area contributed by atoms with Crippen molar-refractivity contribution in [2.45, 2.75) is 25.8 Å². The fraction of sp³-hybridized carbons (Fsp3) is 0.429. The second-order valence-corrected chi connectivity index (χ2v) is 4.66. The molecule has 19 heavy (non-hydrogen) atoms. The van der Waals surface area contributed by atoms with E-state index in [-0.39, 0.29) is 12.3 Å². The molecule has 1 aliphatic rings. The van der Waals surface area contributed by atoms with Gasteiger partial charge in [0.25, 0.3) is 0 Å². The molecule has 4 nitrogen and oxygen atoms in total. The number of rotatable bonds is 3. The summed E-state index contributed by atoms with van der Waals surface area (Å²) in [6, 6.07) is 5.24. The molecule has 1 aromatic carbocycles. The number of piperidine rings is 1. The van der Waals surface area contributed by atoms with Gasteiger partial charge in [-0.1, -0.05) is 12.1 Å². The number of carbonyl (C=O) groups excluding carboxylic acids is 1. The summed E-state index contributed by atoms with van der Waals surface area (Å²) >= 11 is 0. The topological polar surface area (TPSA) is 57.6 Å². The van der Waals surface area contributed by atoms with E-state index in [1.54, 1.807) is 13.0 Å². The Morgan fingerprint density at radius 3 is 2.84 bits per heavy atom. The minimum Gasteiger partial charge on any atom is -0.481 e. The molecule has 2 unspecified atom stereocenters. The molecule has 0 saturated carbocycles. The van der Waals surface area contributed by atoms with Gasteiger partial charge in [-0.3, -0.25) is 9.59 Å².